The number of nitrogens with zero attached hydrogens (tertiary/aromatic N) is 3. The van der Waals surface area contributed by atoms with Crippen molar-refractivity contribution in [3.63, 3.8) is 0 Å². The van der Waals surface area contributed by atoms with Crippen molar-refractivity contribution in [1.82, 2.24) is 19.9 Å². The lowest BCUT2D eigenvalue weighted by atomic mass is 10.2. The van der Waals surface area contributed by atoms with Crippen molar-refractivity contribution in [2.45, 2.75) is 13.1 Å². The zero-order valence-corrected chi connectivity index (χ0v) is 12.1. The van der Waals surface area contributed by atoms with Gasteiger partial charge in [-0.15, -0.1) is 10.2 Å². The van der Waals surface area contributed by atoms with Gasteiger partial charge in [-0.2, -0.15) is 0 Å². The number of hydrogen-bond acceptors (Lipinski definition) is 3. The summed E-state index contributed by atoms with van der Waals surface area (Å²) >= 11 is 3.14. The zero-order chi connectivity index (χ0) is 13.9. The summed E-state index contributed by atoms with van der Waals surface area (Å²) < 4.78 is 15.8. The average Bonchev–Trinajstić information content (AvgIpc) is 2.86. The summed E-state index contributed by atoms with van der Waals surface area (Å²) in [5.41, 5.74) is 1.71. The van der Waals surface area contributed by atoms with Crippen LogP contribution >= 0.6 is 15.9 Å². The van der Waals surface area contributed by atoms with Gasteiger partial charge >= 0.3 is 0 Å². The van der Waals surface area contributed by atoms with Crippen molar-refractivity contribution in [1.29, 1.82) is 0 Å². The Kier molecular flexibility index (Phi) is 3.75. The fourth-order valence-electron chi connectivity index (χ4n) is 1.98. The highest BCUT2D eigenvalue weighted by molar-refractivity contribution is 9.10. The van der Waals surface area contributed by atoms with E-state index in [0.29, 0.717) is 17.6 Å². The highest BCUT2D eigenvalue weighted by atomic mass is 79.9. The third kappa shape index (κ3) is 2.71. The van der Waals surface area contributed by atoms with Gasteiger partial charge in [0.25, 0.3) is 0 Å². The van der Waals surface area contributed by atoms with Crippen LogP contribution in [-0.4, -0.2) is 14.6 Å². The fraction of sp³-hybridized carbons (Fsp3) is 0.143. The molecule has 0 amide bonds. The van der Waals surface area contributed by atoms with Crippen LogP contribution in [0.4, 0.5) is 4.39 Å². The number of benzene rings is 1. The number of hydrogen-bond donors (Lipinski definition) is 1. The van der Waals surface area contributed by atoms with Crippen LogP contribution in [0.2, 0.25) is 0 Å². The van der Waals surface area contributed by atoms with Crippen LogP contribution in [0.25, 0.3) is 5.65 Å². The lowest BCUT2D eigenvalue weighted by Crippen LogP contribution is -2.15. The molecule has 1 aromatic carbocycles. The molecule has 0 bridgehead atoms. The van der Waals surface area contributed by atoms with Crippen molar-refractivity contribution < 1.29 is 4.39 Å². The Balaban J connectivity index is 1.66. The molecule has 0 saturated heterocycles. The lowest BCUT2D eigenvalue weighted by molar-refractivity contribution is 0.611. The van der Waals surface area contributed by atoms with Gasteiger partial charge in [-0.25, -0.2) is 4.39 Å². The lowest BCUT2D eigenvalue weighted by Gasteiger charge is -2.05. The molecule has 3 rings (SSSR count). The van der Waals surface area contributed by atoms with Crippen LogP contribution in [0, 0.1) is 5.82 Å². The minimum Gasteiger partial charge on any atom is -0.306 e. The molecule has 20 heavy (non-hydrogen) atoms. The molecule has 3 aromatic rings. The van der Waals surface area contributed by atoms with Crippen LogP contribution in [0.1, 0.15) is 11.4 Å². The summed E-state index contributed by atoms with van der Waals surface area (Å²) in [6.45, 7) is 1.15. The van der Waals surface area contributed by atoms with E-state index in [2.05, 4.69) is 31.4 Å². The van der Waals surface area contributed by atoms with Crippen molar-refractivity contribution in [2.24, 2.45) is 0 Å². The largest absolute Gasteiger partial charge is 0.306 e. The SMILES string of the molecule is Fc1cc(CNCc2nnc3ccccn23)ccc1Br. The molecule has 1 N–H and O–H groups in total. The van der Waals surface area contributed by atoms with E-state index in [1.54, 1.807) is 6.07 Å². The monoisotopic (exact) mass is 334 g/mol. The molecule has 0 radical (unpaired) electrons. The first-order valence-corrected chi connectivity index (χ1v) is 6.96. The van der Waals surface area contributed by atoms with Gasteiger partial charge in [-0.05, 0) is 45.8 Å². The molecule has 2 aromatic heterocycles. The first-order chi connectivity index (χ1) is 9.74. The molecule has 0 atom stereocenters. The van der Waals surface area contributed by atoms with Gasteiger partial charge < -0.3 is 5.32 Å². The Bertz CT molecular complexity index is 741. The van der Waals surface area contributed by atoms with Gasteiger partial charge in [-0.3, -0.25) is 4.40 Å². The molecule has 0 aliphatic rings. The number of rotatable bonds is 4. The maximum absolute atomic E-state index is 13.4. The van der Waals surface area contributed by atoms with Gasteiger partial charge in [0.1, 0.15) is 5.82 Å². The third-order valence-corrected chi connectivity index (χ3v) is 3.62. The van der Waals surface area contributed by atoms with E-state index in [1.165, 1.54) is 6.07 Å². The molecule has 6 heteroatoms. The Morgan fingerprint density at radius 2 is 2.05 bits per heavy atom. The predicted octanol–water partition coefficient (Wildman–Crippen LogP) is 2.92. The first kappa shape index (κ1) is 13.2. The number of fused-ring (bicyclic) bond motifs is 1. The van der Waals surface area contributed by atoms with Crippen LogP contribution in [0.15, 0.2) is 47.1 Å². The molecule has 0 spiro atoms. The molecule has 4 nitrogen and oxygen atoms in total. The molecule has 0 fully saturated rings. The van der Waals surface area contributed by atoms with E-state index < -0.39 is 0 Å². The summed E-state index contributed by atoms with van der Waals surface area (Å²) in [5, 5.41) is 11.4. The van der Waals surface area contributed by atoms with E-state index >= 15 is 0 Å². The quantitative estimate of drug-likeness (QED) is 0.797. The Labute approximate surface area is 123 Å². The number of aromatic nitrogens is 3. The number of nitrogens with one attached hydrogen (secondary N) is 1. The number of halogens is 2. The zero-order valence-electron chi connectivity index (χ0n) is 10.6. The molecule has 0 aliphatic carbocycles. The van der Waals surface area contributed by atoms with Crippen molar-refractivity contribution >= 4 is 21.6 Å². The normalized spacial score (nSPS) is 11.1. The van der Waals surface area contributed by atoms with Gasteiger partial charge in [0.15, 0.2) is 11.5 Å². The van der Waals surface area contributed by atoms with Gasteiger partial charge in [-0.1, -0.05) is 12.1 Å². The highest BCUT2D eigenvalue weighted by Gasteiger charge is 2.04. The smallest absolute Gasteiger partial charge is 0.160 e. The van der Waals surface area contributed by atoms with Gasteiger partial charge in [0.2, 0.25) is 0 Å². The standard InChI is InChI=1S/C14H12BrFN4/c15-11-5-4-10(7-12(11)16)8-17-9-14-19-18-13-3-1-2-6-20(13)14/h1-7,17H,8-9H2. The minimum atomic E-state index is -0.253. The number of pyridine rings is 1. The van der Waals surface area contributed by atoms with E-state index in [-0.39, 0.29) is 5.82 Å². The maximum atomic E-state index is 13.4. The molecule has 102 valence electrons. The molecular formula is C14H12BrFN4. The summed E-state index contributed by atoms with van der Waals surface area (Å²) in [5.74, 6) is 0.579. The van der Waals surface area contributed by atoms with E-state index in [1.807, 2.05) is 34.9 Å². The second-order valence-corrected chi connectivity index (χ2v) is 5.25. The van der Waals surface area contributed by atoms with E-state index in [4.69, 9.17) is 0 Å². The summed E-state index contributed by atoms with van der Waals surface area (Å²) in [6.07, 6.45) is 1.92. The molecule has 2 heterocycles. The molecule has 0 saturated carbocycles. The fourth-order valence-corrected chi connectivity index (χ4v) is 2.23. The van der Waals surface area contributed by atoms with Crippen molar-refractivity contribution in [3.05, 3.63) is 64.3 Å². The van der Waals surface area contributed by atoms with Gasteiger partial charge in [0, 0.05) is 12.7 Å². The van der Waals surface area contributed by atoms with Crippen LogP contribution < -0.4 is 5.32 Å². The summed E-state index contributed by atoms with van der Waals surface area (Å²) in [7, 11) is 0. The highest BCUT2D eigenvalue weighted by Crippen LogP contribution is 2.16. The van der Waals surface area contributed by atoms with Gasteiger partial charge in [0.05, 0.1) is 11.0 Å². The second kappa shape index (κ2) is 5.68. The van der Waals surface area contributed by atoms with Crippen LogP contribution in [0.5, 0.6) is 0 Å². The van der Waals surface area contributed by atoms with Crippen LogP contribution in [0.3, 0.4) is 0 Å². The van der Waals surface area contributed by atoms with E-state index in [9.17, 15) is 4.39 Å². The predicted molar refractivity (Wildman–Crippen MR) is 77.6 cm³/mol. The Morgan fingerprint density at radius 3 is 2.90 bits per heavy atom. The average molecular weight is 335 g/mol. The third-order valence-electron chi connectivity index (χ3n) is 2.98. The van der Waals surface area contributed by atoms with Crippen LogP contribution in [-0.2, 0) is 13.1 Å². The second-order valence-electron chi connectivity index (χ2n) is 4.40. The summed E-state index contributed by atoms with van der Waals surface area (Å²) in [4.78, 5) is 0. The molecular weight excluding hydrogens is 323 g/mol. The minimum absolute atomic E-state index is 0.253. The maximum Gasteiger partial charge on any atom is 0.160 e. The molecule has 0 aliphatic heterocycles. The first-order valence-electron chi connectivity index (χ1n) is 6.17. The van der Waals surface area contributed by atoms with E-state index in [0.717, 1.165) is 17.0 Å². The van der Waals surface area contributed by atoms with Crippen molar-refractivity contribution in [3.8, 4) is 0 Å². The van der Waals surface area contributed by atoms with Crippen molar-refractivity contribution in [2.75, 3.05) is 0 Å². The Hall–Kier alpha value is -1.79. The molecule has 0 unspecified atom stereocenters. The Morgan fingerprint density at radius 1 is 1.15 bits per heavy atom. The summed E-state index contributed by atoms with van der Waals surface area (Å²) in [6, 6.07) is 10.9. The topological polar surface area (TPSA) is 42.2 Å².